The van der Waals surface area contributed by atoms with Crippen molar-refractivity contribution in [2.75, 3.05) is 0 Å². The summed E-state index contributed by atoms with van der Waals surface area (Å²) in [5.41, 5.74) is 3.39. The second-order valence-electron chi connectivity index (χ2n) is 8.83. The van der Waals surface area contributed by atoms with Crippen molar-refractivity contribution in [3.63, 3.8) is 0 Å². The molecule has 2 aliphatic carbocycles. The third-order valence-corrected chi connectivity index (χ3v) is 6.81. The summed E-state index contributed by atoms with van der Waals surface area (Å²) < 4.78 is 6.39. The number of unbranched alkanes of at least 4 members (excludes halogenated alkanes) is 2. The third-order valence-electron chi connectivity index (χ3n) is 6.81. The van der Waals surface area contributed by atoms with E-state index in [0.717, 1.165) is 37.7 Å². The summed E-state index contributed by atoms with van der Waals surface area (Å²) in [4.78, 5) is 11.9. The van der Waals surface area contributed by atoms with Gasteiger partial charge in [-0.1, -0.05) is 33.6 Å². The molecule has 140 valence electrons. The van der Waals surface area contributed by atoms with Gasteiger partial charge in [0.05, 0.1) is 5.56 Å². The predicted octanol–water partition coefficient (Wildman–Crippen LogP) is 5.18. The van der Waals surface area contributed by atoms with Crippen molar-refractivity contribution in [3.8, 4) is 11.5 Å². The van der Waals surface area contributed by atoms with E-state index in [0.29, 0.717) is 29.2 Å². The van der Waals surface area contributed by atoms with Crippen LogP contribution >= 0.6 is 0 Å². The van der Waals surface area contributed by atoms with E-state index in [1.807, 2.05) is 6.07 Å². The van der Waals surface area contributed by atoms with E-state index in [4.69, 9.17) is 4.74 Å². The molecule has 4 nitrogen and oxygen atoms in total. The van der Waals surface area contributed by atoms with Gasteiger partial charge in [0.1, 0.15) is 22.7 Å². The highest BCUT2D eigenvalue weighted by molar-refractivity contribution is 5.99. The first kappa shape index (κ1) is 17.4. The molecule has 1 saturated carbocycles. The Balaban J connectivity index is 1.90. The Morgan fingerprint density at radius 1 is 1.31 bits per heavy atom. The average molecular weight is 356 g/mol. The second-order valence-corrected chi connectivity index (χ2v) is 8.83. The van der Waals surface area contributed by atoms with Gasteiger partial charge in [-0.15, -0.1) is 0 Å². The molecule has 2 unspecified atom stereocenters. The second kappa shape index (κ2) is 5.51. The van der Waals surface area contributed by atoms with E-state index in [9.17, 15) is 15.0 Å². The number of aryl methyl sites for hydroxylation is 1. The lowest BCUT2D eigenvalue weighted by Crippen LogP contribution is -2.46. The molecule has 0 aromatic heterocycles. The summed E-state index contributed by atoms with van der Waals surface area (Å²) >= 11 is 0. The number of carboxylic acid groups (broad SMARTS) is 1. The van der Waals surface area contributed by atoms with E-state index in [1.54, 1.807) is 0 Å². The fraction of sp³-hybridized carbons (Fsp3) is 0.591. The summed E-state index contributed by atoms with van der Waals surface area (Å²) in [6.45, 7) is 8.66. The first-order valence-corrected chi connectivity index (χ1v) is 9.79. The highest BCUT2D eigenvalue weighted by atomic mass is 16.5. The molecule has 2 atom stereocenters. The van der Waals surface area contributed by atoms with E-state index in [-0.39, 0.29) is 22.3 Å². The smallest absolute Gasteiger partial charge is 0.339 e. The van der Waals surface area contributed by atoms with E-state index in [2.05, 4.69) is 27.7 Å². The fourth-order valence-electron chi connectivity index (χ4n) is 5.50. The number of phenols is 1. The van der Waals surface area contributed by atoms with E-state index >= 15 is 0 Å². The van der Waals surface area contributed by atoms with Crippen LogP contribution in [0.25, 0.3) is 5.57 Å². The van der Waals surface area contributed by atoms with E-state index < -0.39 is 5.97 Å². The lowest BCUT2D eigenvalue weighted by Gasteiger charge is -2.53. The van der Waals surface area contributed by atoms with E-state index in [1.165, 1.54) is 5.57 Å². The number of hydrogen-bond donors (Lipinski definition) is 2. The highest BCUT2D eigenvalue weighted by Gasteiger charge is 2.61. The van der Waals surface area contributed by atoms with Crippen LogP contribution in [-0.2, 0) is 6.42 Å². The Hall–Kier alpha value is -1.97. The van der Waals surface area contributed by atoms with Gasteiger partial charge < -0.3 is 14.9 Å². The van der Waals surface area contributed by atoms with Crippen molar-refractivity contribution < 1.29 is 19.7 Å². The van der Waals surface area contributed by atoms with Gasteiger partial charge in [-0.25, -0.2) is 4.79 Å². The quantitative estimate of drug-likeness (QED) is 0.714. The van der Waals surface area contributed by atoms with Crippen molar-refractivity contribution in [1.82, 2.24) is 0 Å². The molecule has 1 aromatic carbocycles. The molecule has 0 radical (unpaired) electrons. The minimum atomic E-state index is -1.06. The van der Waals surface area contributed by atoms with Crippen LogP contribution in [0, 0.1) is 11.3 Å². The van der Waals surface area contributed by atoms with Crippen LogP contribution < -0.4 is 4.74 Å². The molecule has 0 saturated heterocycles. The SMILES string of the molecule is CCCCCc1cc2c(c(O)c1C(=O)O)C1=C3C(CCC3(C)O2)C1(C)C. The molecule has 4 heteroatoms. The number of aromatic hydroxyl groups is 1. The lowest BCUT2D eigenvalue weighted by molar-refractivity contribution is 0.0691. The highest BCUT2D eigenvalue weighted by Crippen LogP contribution is 2.70. The van der Waals surface area contributed by atoms with Gasteiger partial charge in [-0.2, -0.15) is 0 Å². The summed E-state index contributed by atoms with van der Waals surface area (Å²) in [7, 11) is 0. The molecule has 3 aliphatic rings. The summed E-state index contributed by atoms with van der Waals surface area (Å²) in [6, 6.07) is 1.88. The zero-order valence-electron chi connectivity index (χ0n) is 16.1. The van der Waals surface area contributed by atoms with Gasteiger partial charge in [0.15, 0.2) is 0 Å². The number of aromatic carboxylic acids is 1. The topological polar surface area (TPSA) is 66.8 Å². The minimum absolute atomic E-state index is 0.0530. The molecule has 0 bridgehead atoms. The first-order valence-electron chi connectivity index (χ1n) is 9.79. The van der Waals surface area contributed by atoms with Gasteiger partial charge >= 0.3 is 5.97 Å². The number of rotatable bonds is 5. The zero-order chi connectivity index (χ0) is 18.9. The van der Waals surface area contributed by atoms with Crippen LogP contribution in [0.15, 0.2) is 11.6 Å². The maximum absolute atomic E-state index is 11.9. The molecule has 2 N–H and O–H groups in total. The Morgan fingerprint density at radius 3 is 2.69 bits per heavy atom. The van der Waals surface area contributed by atoms with Gasteiger partial charge in [0.25, 0.3) is 0 Å². The molecule has 1 heterocycles. The number of carboxylic acids is 1. The normalized spacial score (nSPS) is 27.5. The van der Waals surface area contributed by atoms with Gasteiger partial charge in [-0.05, 0) is 66.7 Å². The van der Waals surface area contributed by atoms with Gasteiger partial charge in [0.2, 0.25) is 0 Å². The number of allylic oxidation sites excluding steroid dienone is 1. The Morgan fingerprint density at radius 2 is 2.04 bits per heavy atom. The van der Waals surface area contributed by atoms with Crippen LogP contribution in [0.5, 0.6) is 11.5 Å². The summed E-state index contributed by atoms with van der Waals surface area (Å²) in [5.74, 6) is -0.0402. The maximum Gasteiger partial charge on any atom is 0.339 e. The maximum atomic E-state index is 11.9. The number of hydrogen-bond acceptors (Lipinski definition) is 3. The molecule has 0 spiro atoms. The predicted molar refractivity (Wildman–Crippen MR) is 101 cm³/mol. The molecule has 0 amide bonds. The van der Waals surface area contributed by atoms with Gasteiger partial charge in [-0.3, -0.25) is 0 Å². The molecule has 1 aliphatic heterocycles. The van der Waals surface area contributed by atoms with Crippen LogP contribution in [0.1, 0.15) is 81.3 Å². The van der Waals surface area contributed by atoms with Crippen LogP contribution in [0.2, 0.25) is 0 Å². The molecule has 26 heavy (non-hydrogen) atoms. The number of carbonyl (C=O) groups is 1. The standard InChI is InChI=1S/C22H28O4/c1-5-6-7-8-12-11-14-16(19(23)15(12)20(24)25)18-17-13(21(18,2)3)9-10-22(17,4)26-14/h11,13,23H,5-10H2,1-4H3,(H,24,25). The van der Waals surface area contributed by atoms with Gasteiger partial charge in [0, 0.05) is 0 Å². The Bertz CT molecular complexity index is 833. The fourth-order valence-corrected chi connectivity index (χ4v) is 5.50. The lowest BCUT2D eigenvalue weighted by atomic mass is 9.55. The van der Waals surface area contributed by atoms with Crippen LogP contribution in [-0.4, -0.2) is 21.8 Å². The molecular weight excluding hydrogens is 328 g/mol. The monoisotopic (exact) mass is 356 g/mol. The number of benzene rings is 1. The third kappa shape index (κ3) is 2.11. The molecule has 1 aromatic rings. The van der Waals surface area contributed by atoms with Crippen molar-refractivity contribution in [1.29, 1.82) is 0 Å². The van der Waals surface area contributed by atoms with Crippen molar-refractivity contribution >= 4 is 11.5 Å². The summed E-state index contributed by atoms with van der Waals surface area (Å²) in [5, 5.41) is 20.7. The molecule has 4 rings (SSSR count). The number of ether oxygens (including phenoxy) is 1. The Labute approximate surface area is 154 Å². The minimum Gasteiger partial charge on any atom is -0.506 e. The first-order chi connectivity index (χ1) is 12.2. The molecule has 1 fully saturated rings. The van der Waals surface area contributed by atoms with Crippen LogP contribution in [0.4, 0.5) is 0 Å². The van der Waals surface area contributed by atoms with Crippen molar-refractivity contribution in [3.05, 3.63) is 28.3 Å². The molecular formula is C22H28O4. The largest absolute Gasteiger partial charge is 0.506 e. The van der Waals surface area contributed by atoms with Crippen molar-refractivity contribution in [2.45, 2.75) is 71.8 Å². The van der Waals surface area contributed by atoms with Crippen molar-refractivity contribution in [2.24, 2.45) is 11.3 Å². The zero-order valence-corrected chi connectivity index (χ0v) is 16.1. The summed E-state index contributed by atoms with van der Waals surface area (Å²) in [6.07, 6.45) is 5.74. The van der Waals surface area contributed by atoms with Crippen LogP contribution in [0.3, 0.4) is 0 Å². The average Bonchev–Trinajstić information content (AvgIpc) is 2.88. The number of fused-ring (bicyclic) bond motifs is 2. The Kier molecular flexibility index (Phi) is 3.70.